The van der Waals surface area contributed by atoms with Crippen LogP contribution < -0.4 is 5.26 Å². The van der Waals surface area contributed by atoms with Gasteiger partial charge in [-0.3, -0.25) is 13.4 Å². The number of aliphatic hydroxyl groups is 2. The van der Waals surface area contributed by atoms with Crippen LogP contribution in [0.4, 0.5) is 0 Å². The van der Waals surface area contributed by atoms with Crippen molar-refractivity contribution in [1.29, 1.82) is 0 Å². The molecule has 10 atom stereocenters. The Kier molecular flexibility index (Phi) is 8.85. The summed E-state index contributed by atoms with van der Waals surface area (Å²) in [7, 11) is -3.88. The van der Waals surface area contributed by atoms with E-state index < -0.39 is 78.2 Å². The SMILES string of the molecule is CO[C@H]1OC2CO[C@@H](C1OS(=O)(=O)[O-])[C@H]2O[C@@H]1OC(CO)[C@H](OSOO[O-])[C@H](C)C1O. The monoisotopic (exact) mass is 494 g/mol. The van der Waals surface area contributed by atoms with E-state index in [1.165, 1.54) is 7.11 Å². The summed E-state index contributed by atoms with van der Waals surface area (Å²) in [6, 6.07) is 0. The summed E-state index contributed by atoms with van der Waals surface area (Å²) >= 11 is 0.206. The van der Waals surface area contributed by atoms with Gasteiger partial charge >= 0.3 is 0 Å². The van der Waals surface area contributed by atoms with Gasteiger partial charge in [-0.2, -0.15) is 0 Å². The number of hydrogen-bond donors (Lipinski definition) is 2. The van der Waals surface area contributed by atoms with Crippen LogP contribution in [0.15, 0.2) is 0 Å². The summed E-state index contributed by atoms with van der Waals surface area (Å²) in [5.41, 5.74) is 0. The molecule has 0 saturated carbocycles. The number of aliphatic hydroxyl groups excluding tert-OH is 2. The van der Waals surface area contributed by atoms with Crippen LogP contribution in [0.25, 0.3) is 0 Å². The molecule has 15 nitrogen and oxygen atoms in total. The molecule has 182 valence electrons. The minimum atomic E-state index is -5.12. The lowest BCUT2D eigenvalue weighted by atomic mass is 9.90. The minimum absolute atomic E-state index is 0.0231. The largest absolute Gasteiger partial charge is 0.726 e. The quantitative estimate of drug-likeness (QED) is 0.0769. The molecular weight excluding hydrogens is 472 g/mol. The maximum atomic E-state index is 11.1. The molecule has 3 rings (SSSR count). The average molecular weight is 494 g/mol. The standard InChI is InChI=1S/C14H24O15S2/c1-5-8(16)13(23-6(3-15)9(5)26-30-29-28-17)25-10-7-4-22-11(10)12(14(21-2)24-7)27-31(18,19)20/h5-17H,3-4H2,1-2H3,(H,18,19,20)/p-2/t5-,6?,7?,8?,9-,10+,11-,12?,13+,14+/m1/s1. The van der Waals surface area contributed by atoms with Crippen LogP contribution in [0.2, 0.25) is 0 Å². The van der Waals surface area contributed by atoms with E-state index >= 15 is 0 Å². The smallest absolute Gasteiger partial charge is 0.218 e. The van der Waals surface area contributed by atoms with Crippen LogP contribution in [0.1, 0.15) is 6.92 Å². The fourth-order valence-corrected chi connectivity index (χ4v) is 4.67. The highest BCUT2D eigenvalue weighted by atomic mass is 32.3. The third-order valence-electron chi connectivity index (χ3n) is 5.19. The second-order valence-electron chi connectivity index (χ2n) is 6.99. The van der Waals surface area contributed by atoms with Gasteiger partial charge in [0.2, 0.25) is 10.4 Å². The van der Waals surface area contributed by atoms with Crippen LogP contribution >= 0.6 is 12.3 Å². The zero-order chi connectivity index (χ0) is 22.8. The normalized spacial score (nSPS) is 43.3. The Labute approximate surface area is 181 Å². The van der Waals surface area contributed by atoms with Crippen LogP contribution in [0.3, 0.4) is 0 Å². The van der Waals surface area contributed by atoms with Gasteiger partial charge in [0.15, 0.2) is 31.0 Å². The van der Waals surface area contributed by atoms with Crippen molar-refractivity contribution in [3.8, 4) is 0 Å². The van der Waals surface area contributed by atoms with Gasteiger partial charge in [-0.05, 0) is 0 Å². The van der Waals surface area contributed by atoms with Gasteiger partial charge < -0.3 is 43.7 Å². The van der Waals surface area contributed by atoms with Crippen molar-refractivity contribution in [2.24, 2.45) is 5.92 Å². The van der Waals surface area contributed by atoms with Crippen molar-refractivity contribution in [3.05, 3.63) is 0 Å². The van der Waals surface area contributed by atoms with Crippen molar-refractivity contribution in [3.63, 3.8) is 0 Å². The Morgan fingerprint density at radius 2 is 1.94 bits per heavy atom. The van der Waals surface area contributed by atoms with Crippen LogP contribution in [0.5, 0.6) is 0 Å². The molecule has 3 saturated heterocycles. The fourth-order valence-electron chi connectivity index (χ4n) is 3.75. The molecule has 3 fully saturated rings. The van der Waals surface area contributed by atoms with Gasteiger partial charge in [-0.15, -0.1) is 4.33 Å². The lowest BCUT2D eigenvalue weighted by Crippen LogP contribution is -2.61. The Morgan fingerprint density at radius 3 is 2.55 bits per heavy atom. The fraction of sp³-hybridized carbons (Fsp3) is 1.00. The Bertz CT molecular complexity index is 677. The molecule has 0 aromatic carbocycles. The van der Waals surface area contributed by atoms with E-state index in [0.29, 0.717) is 0 Å². The van der Waals surface area contributed by atoms with Gasteiger partial charge in [0.05, 0.1) is 13.2 Å². The molecule has 0 radical (unpaired) electrons. The average Bonchev–Trinajstić information content (AvgIpc) is 3.01. The summed E-state index contributed by atoms with van der Waals surface area (Å²) < 4.78 is 74.6. The van der Waals surface area contributed by atoms with Crippen LogP contribution in [-0.2, 0) is 51.8 Å². The number of ether oxygens (including phenoxy) is 5. The van der Waals surface area contributed by atoms with Crippen molar-refractivity contribution >= 4 is 22.7 Å². The van der Waals surface area contributed by atoms with Crippen LogP contribution in [-0.4, -0.2) is 98.8 Å². The second-order valence-corrected chi connectivity index (χ2v) is 8.46. The molecule has 0 spiro atoms. The summed E-state index contributed by atoms with van der Waals surface area (Å²) in [6.07, 6.45) is -9.98. The van der Waals surface area contributed by atoms with E-state index in [-0.39, 0.29) is 18.9 Å². The molecule has 2 bridgehead atoms. The van der Waals surface area contributed by atoms with Gasteiger partial charge in [0.1, 0.15) is 36.6 Å². The number of hydrogen-bond acceptors (Lipinski definition) is 16. The molecule has 0 aromatic rings. The predicted molar refractivity (Wildman–Crippen MR) is 90.4 cm³/mol. The van der Waals surface area contributed by atoms with Gasteiger partial charge in [0.25, 0.3) is 0 Å². The summed E-state index contributed by atoms with van der Waals surface area (Å²) in [4.78, 5) is 0. The predicted octanol–water partition coefficient (Wildman–Crippen LogP) is -3.13. The first kappa shape index (κ1) is 25.4. The molecule has 17 heteroatoms. The van der Waals surface area contributed by atoms with E-state index in [9.17, 15) is 28.4 Å². The Morgan fingerprint density at radius 1 is 1.19 bits per heavy atom. The number of methoxy groups -OCH3 is 1. The highest BCUT2D eigenvalue weighted by Gasteiger charge is 2.56. The Balaban J connectivity index is 1.71. The molecule has 3 aliphatic rings. The van der Waals surface area contributed by atoms with Gasteiger partial charge in [-0.1, -0.05) is 6.92 Å². The molecule has 3 aliphatic heterocycles. The van der Waals surface area contributed by atoms with Gasteiger partial charge in [0, 0.05) is 13.0 Å². The topological polar surface area (TPSA) is 204 Å². The van der Waals surface area contributed by atoms with Crippen molar-refractivity contribution < 1.29 is 69.9 Å². The molecule has 3 heterocycles. The molecule has 31 heavy (non-hydrogen) atoms. The molecule has 4 unspecified atom stereocenters. The van der Waals surface area contributed by atoms with Gasteiger partial charge in [-0.25, -0.2) is 8.42 Å². The maximum absolute atomic E-state index is 11.1. The highest BCUT2D eigenvalue weighted by molar-refractivity contribution is 7.89. The third kappa shape index (κ3) is 5.83. The highest BCUT2D eigenvalue weighted by Crippen LogP contribution is 2.38. The molecule has 0 aliphatic carbocycles. The van der Waals surface area contributed by atoms with E-state index in [0.717, 1.165) is 0 Å². The summed E-state index contributed by atoms with van der Waals surface area (Å²) in [5.74, 6) is -0.678. The van der Waals surface area contributed by atoms with E-state index in [1.54, 1.807) is 6.92 Å². The first-order valence-corrected chi connectivity index (χ1v) is 11.0. The maximum Gasteiger partial charge on any atom is 0.218 e. The second kappa shape index (κ2) is 10.8. The minimum Gasteiger partial charge on any atom is -0.726 e. The molecule has 0 amide bonds. The molecule has 0 aromatic heterocycles. The molecule has 2 N–H and O–H groups in total. The lowest BCUT2D eigenvalue weighted by molar-refractivity contribution is -0.777. The summed E-state index contributed by atoms with van der Waals surface area (Å²) in [5, 5.41) is 33.3. The van der Waals surface area contributed by atoms with Crippen molar-refractivity contribution in [2.75, 3.05) is 20.3 Å². The first-order chi connectivity index (χ1) is 14.7. The zero-order valence-electron chi connectivity index (χ0n) is 16.2. The van der Waals surface area contributed by atoms with Crippen molar-refractivity contribution in [2.45, 2.75) is 62.2 Å². The van der Waals surface area contributed by atoms with E-state index in [1.807, 2.05) is 0 Å². The van der Waals surface area contributed by atoms with Crippen molar-refractivity contribution in [1.82, 2.24) is 0 Å². The lowest BCUT2D eigenvalue weighted by Gasteiger charge is -2.45. The third-order valence-corrected chi connectivity index (χ3v) is 6.06. The zero-order valence-corrected chi connectivity index (χ0v) is 17.8. The van der Waals surface area contributed by atoms with Crippen LogP contribution in [0, 0.1) is 5.92 Å². The number of fused-ring (bicyclic) bond motifs is 2. The van der Waals surface area contributed by atoms with E-state index in [2.05, 4.69) is 13.6 Å². The van der Waals surface area contributed by atoms with E-state index in [4.69, 9.17) is 27.9 Å². The summed E-state index contributed by atoms with van der Waals surface area (Å²) in [6.45, 7) is 1.02. The Hall–Kier alpha value is -0.220. The first-order valence-electron chi connectivity index (χ1n) is 9.02. The molecular formula is C14H22O15S2-2. The number of rotatable bonds is 10.